The number of nitrogens with one attached hydrogen (secondary N) is 15. The number of pyridine rings is 2. The Morgan fingerprint density at radius 1 is 0.594 bits per heavy atom. The van der Waals surface area contributed by atoms with Crippen LogP contribution in [0.5, 0.6) is 5.75 Å². The Bertz CT molecular complexity index is 5070. The smallest absolute Gasteiger partial charge is 0.303 e. The molecular weight excluding hydrogens is 1690 g/mol. The minimum atomic E-state index is -1.94. The molecule has 0 spiro atoms. The maximum Gasteiger partial charge on any atom is 0.303 e. The van der Waals surface area contributed by atoms with E-state index in [1.54, 1.807) is 64.2 Å². The van der Waals surface area contributed by atoms with Crippen LogP contribution in [-0.4, -0.2) is 253 Å². The van der Waals surface area contributed by atoms with Gasteiger partial charge in [-0.05, 0) is 122 Å². The second kappa shape index (κ2) is 46.8. The number of carboxylic acids is 1. The lowest BCUT2D eigenvalue weighted by Crippen LogP contribution is -2.63. The van der Waals surface area contributed by atoms with E-state index in [-0.39, 0.29) is 53.7 Å². The number of amides is 14. The van der Waals surface area contributed by atoms with Crippen LogP contribution in [-0.2, 0) is 109 Å². The summed E-state index contributed by atoms with van der Waals surface area (Å²) >= 11 is 2.44. The van der Waals surface area contributed by atoms with Crippen molar-refractivity contribution in [3.05, 3.63) is 144 Å². The van der Waals surface area contributed by atoms with Crippen LogP contribution >= 0.6 is 23.5 Å². The first kappa shape index (κ1) is 99.3. The number of aliphatic hydroxyl groups is 2. The van der Waals surface area contributed by atoms with Crippen LogP contribution in [0.25, 0.3) is 22.1 Å². The normalized spacial score (nSPS) is 23.9. The number of imidazole rings is 1. The van der Waals surface area contributed by atoms with E-state index >= 15 is 33.6 Å². The first-order valence-corrected chi connectivity index (χ1v) is 44.7. The highest BCUT2D eigenvalue weighted by Crippen LogP contribution is 2.29. The number of aliphatic carboxylic acids is 1. The van der Waals surface area contributed by atoms with Crippen molar-refractivity contribution < 1.29 is 92.3 Å². The average Bonchev–Trinajstić information content (AvgIpc) is 1.29. The molecule has 1 saturated carbocycles. The van der Waals surface area contributed by atoms with E-state index in [2.05, 4.69) is 93.7 Å². The Kier molecular flexibility index (Phi) is 36.3. The van der Waals surface area contributed by atoms with Crippen LogP contribution in [0.3, 0.4) is 0 Å². The number of likely N-dealkylation sites (N-methyl/N-ethyl adjacent to an activating group) is 1. The number of hydrogen-bond donors (Lipinski definition) is 20. The second-order valence-electron chi connectivity index (χ2n) is 33.4. The first-order chi connectivity index (χ1) is 60.8. The van der Waals surface area contributed by atoms with Gasteiger partial charge in [-0.3, -0.25) is 71.9 Å². The van der Waals surface area contributed by atoms with E-state index in [0.717, 1.165) is 29.4 Å². The topological polar surface area (TPSA) is 597 Å². The summed E-state index contributed by atoms with van der Waals surface area (Å²) in [5.41, 5.74) is 8.38. The highest BCUT2D eigenvalue weighted by Gasteiger charge is 2.43. The molecule has 1 fully saturated rings. The number of nitrogens with zero attached hydrogens (tertiary/aromatic N) is 4. The lowest BCUT2D eigenvalue weighted by atomic mass is 9.83. The number of aromatic hydroxyl groups is 1. The van der Waals surface area contributed by atoms with Gasteiger partial charge in [0.25, 0.3) is 0 Å². The molecule has 14 amide bonds. The molecule has 1 aliphatic heterocycles. The second-order valence-corrected chi connectivity index (χ2v) is 35.5. The quantitative estimate of drug-likeness (QED) is 0.0495. The fourth-order valence-corrected chi connectivity index (χ4v) is 17.1. The van der Waals surface area contributed by atoms with Crippen LogP contribution in [0.2, 0.25) is 0 Å². The third kappa shape index (κ3) is 28.5. The molecule has 39 nitrogen and oxygen atoms in total. The molecule has 2 aliphatic rings. The summed E-state index contributed by atoms with van der Waals surface area (Å²) in [7, 11) is 1.23. The van der Waals surface area contributed by atoms with Gasteiger partial charge < -0.3 is 110 Å². The lowest BCUT2D eigenvalue weighted by molar-refractivity contribution is -0.143. The predicted octanol–water partition coefficient (Wildman–Crippen LogP) is 0.541. The van der Waals surface area contributed by atoms with Gasteiger partial charge in [0.15, 0.2) is 0 Å². The highest BCUT2D eigenvalue weighted by molar-refractivity contribution is 7.98. The summed E-state index contributed by atoms with van der Waals surface area (Å²) in [4.78, 5) is 241. The van der Waals surface area contributed by atoms with Crippen LogP contribution in [0.4, 0.5) is 0 Å². The Labute approximate surface area is 747 Å². The molecule has 5 aromatic heterocycles. The molecule has 690 valence electrons. The molecule has 6 heterocycles. The Morgan fingerprint density at radius 3 is 1.66 bits per heavy atom. The molecule has 1 aliphatic carbocycles. The molecule has 2 bridgehead atoms. The van der Waals surface area contributed by atoms with Gasteiger partial charge in [0.05, 0.1) is 24.2 Å². The Hall–Kier alpha value is -12.5. The molecule has 15 atom stereocenters. The maximum absolute atomic E-state index is 15.4. The van der Waals surface area contributed by atoms with Gasteiger partial charge in [-0.15, -0.1) is 0 Å². The summed E-state index contributed by atoms with van der Waals surface area (Å²) in [5.74, 6) is -15.2. The van der Waals surface area contributed by atoms with Crippen molar-refractivity contribution in [2.75, 3.05) is 18.6 Å². The molecule has 9 rings (SSSR count). The summed E-state index contributed by atoms with van der Waals surface area (Å²) < 4.78 is 0. The van der Waals surface area contributed by atoms with E-state index in [1.165, 1.54) is 107 Å². The van der Waals surface area contributed by atoms with Crippen LogP contribution in [0, 0.1) is 11.3 Å². The number of rotatable bonds is 20. The van der Waals surface area contributed by atoms with Crippen LogP contribution in [0.15, 0.2) is 110 Å². The fraction of sp³-hybridized carbons (Fsp3) is 0.494. The molecule has 128 heavy (non-hydrogen) atoms. The Balaban J connectivity index is 1.09. The van der Waals surface area contributed by atoms with Crippen molar-refractivity contribution in [3.63, 3.8) is 0 Å². The summed E-state index contributed by atoms with van der Waals surface area (Å²) in [5, 5.41) is 76.3. The molecular formula is C87H116N20O19S2. The first-order valence-electron chi connectivity index (χ1n) is 42.4. The zero-order valence-electron chi connectivity index (χ0n) is 72.7. The van der Waals surface area contributed by atoms with Crippen LogP contribution < -0.4 is 69.5 Å². The van der Waals surface area contributed by atoms with Gasteiger partial charge in [-0.2, -0.15) is 23.5 Å². The van der Waals surface area contributed by atoms with Crippen molar-refractivity contribution in [3.8, 4) is 5.75 Å². The molecule has 0 radical (unpaired) electrons. The van der Waals surface area contributed by atoms with Gasteiger partial charge >= 0.3 is 5.97 Å². The number of phenols is 1. The Morgan fingerprint density at radius 2 is 1.12 bits per heavy atom. The zero-order valence-corrected chi connectivity index (χ0v) is 74.4. The van der Waals surface area contributed by atoms with Gasteiger partial charge in [0.2, 0.25) is 82.7 Å². The SMILES string of the molecule is CCC[C@H](NC(C)=O)C(=O)N[C@H]1CSCc2cccc(c2)CSC[C@@H](C(N)=O)NC(=O)[C@H]([C@@H](C)O)NC(=O)[C@H](C2CCCCC2)NC(=O)[C@H](Cc2c[nH]c3ncccc23)NC(=O)[C@H](Cc2c[nH]cn2)NC(=O)[C@H](CCC(=O)O)NC(=O)[C@H](Cc2c[nH]c3ncccc23)NC(=O)[C@H]([C@@H](C)O)NC(=O)[C@H](C)N(C)C(=O)[C@H](Cc2ccc(O)cc2)NC(=O)[C@H](C(C)(C)C)NC1=O. The number of phenolic OH excluding ortho intramolecular Hbond substituents is 1. The third-order valence-corrected chi connectivity index (χ3v) is 24.5. The number of aromatic amines is 3. The van der Waals surface area contributed by atoms with E-state index in [0.29, 0.717) is 70.9 Å². The number of carboxylic acid groups (broad SMARTS) is 1. The molecule has 7 aromatic rings. The van der Waals surface area contributed by atoms with Crippen molar-refractivity contribution >= 4 is 134 Å². The molecule has 21 N–H and O–H groups in total. The van der Waals surface area contributed by atoms with E-state index in [1.807, 2.05) is 18.2 Å². The average molecular weight is 1810 g/mol. The van der Waals surface area contributed by atoms with Gasteiger partial charge in [0, 0.05) is 111 Å². The van der Waals surface area contributed by atoms with Crippen molar-refractivity contribution in [2.24, 2.45) is 17.1 Å². The maximum atomic E-state index is 15.4. The summed E-state index contributed by atoms with van der Waals surface area (Å²) in [6.07, 6.45) is 5.97. The number of carbonyl (C=O) groups is 15. The van der Waals surface area contributed by atoms with E-state index < -0.39 is 216 Å². The number of aromatic nitrogens is 6. The minimum absolute atomic E-state index is 0.111. The largest absolute Gasteiger partial charge is 0.508 e. The number of H-pyrrole nitrogens is 3. The van der Waals surface area contributed by atoms with Crippen molar-refractivity contribution in [1.29, 1.82) is 0 Å². The van der Waals surface area contributed by atoms with Crippen molar-refractivity contribution in [1.82, 2.24) is 98.6 Å². The summed E-state index contributed by atoms with van der Waals surface area (Å²) in [6.45, 7) is 11.6. The third-order valence-electron chi connectivity index (χ3n) is 22.3. The highest BCUT2D eigenvalue weighted by atomic mass is 32.2. The predicted molar refractivity (Wildman–Crippen MR) is 474 cm³/mol. The number of thioether (sulfide) groups is 2. The molecule has 41 heteroatoms. The van der Waals surface area contributed by atoms with Gasteiger partial charge in [-0.1, -0.05) is 89.8 Å². The molecule has 2 aromatic carbocycles. The fourth-order valence-electron chi connectivity index (χ4n) is 15.1. The van der Waals surface area contributed by atoms with Gasteiger partial charge in [-0.25, -0.2) is 15.0 Å². The standard InChI is InChI=1S/C87H116N20O19S2/c1-10-17-59(95-48(5)110)76(116)102-66-43-128-41-51-19-14-18-50(32-51)40-127-42-65(72(88)114)101-83(123)69(47(4)109)104-84(124)70(52-20-12-11-13-21-52)105-80(120)62(35-54-38-93-74-58(54)23-16-31-91-74)97-79(119)63(36-55-39-89-44-94-55)98-77(117)60(28-29-67(112)113)96-78(118)61(34-53-37-92-73-57(53)22-15-30-90-73)99-82(122)68(46(3)108)103-75(115)45(2)107(9)86(126)64(33-49-24-26-56(111)27-25-49)100-85(125)71(87(6,7)8)106-81(66)121/h14-16,18-19,22-27,30-32,37-39,44-47,52,59-66,68-71,108-109,111H,10-13,17,20-21,28-29,33-36,40-43H2,1-9H3,(H2,88,114)(H,89,94)(H,90,92)(H,91,93)(H,95,110)(H,96,118)(H,97,119)(H,98,117)(H,99,122)(H,100,125)(H,101,123)(H,102,116)(H,103,115)(H,104,124)(H,105,120)(H,106,121)(H,112,113)/t45-,46+,47+,59-,60-,61-,62-,63-,64-,65-,66-,68-,69-,70-,71+/m0/s1. The number of hydrogen-bond acceptors (Lipinski definition) is 23. The number of nitrogens with two attached hydrogens (primary N) is 1. The van der Waals surface area contributed by atoms with Crippen LogP contribution in [0.1, 0.15) is 147 Å². The monoisotopic (exact) mass is 1810 g/mol. The molecule has 0 saturated heterocycles. The number of aliphatic hydroxyl groups excluding tert-OH is 2. The van der Waals surface area contributed by atoms with E-state index in [9.17, 15) is 58.8 Å². The van der Waals surface area contributed by atoms with E-state index in [4.69, 9.17) is 5.73 Å². The van der Waals surface area contributed by atoms with Gasteiger partial charge in [0.1, 0.15) is 95.6 Å². The summed E-state index contributed by atoms with van der Waals surface area (Å²) in [6, 6.07) is -1.07. The number of benzene rings is 2. The zero-order chi connectivity index (χ0) is 93.2. The lowest BCUT2D eigenvalue weighted by Gasteiger charge is -2.34. The van der Waals surface area contributed by atoms with Crippen molar-refractivity contribution in [2.45, 2.75) is 241 Å². The number of fused-ring (bicyclic) bond motifs is 4. The minimum Gasteiger partial charge on any atom is -0.508 e. The number of primary amides is 1. The number of carbonyl (C=O) groups excluding carboxylic acids is 14. The molecule has 0 unspecified atom stereocenters.